The molecule has 0 aliphatic carbocycles. The third-order valence-electron chi connectivity index (χ3n) is 3.16. The van der Waals surface area contributed by atoms with Gasteiger partial charge in [0.05, 0.1) is 6.04 Å². The van der Waals surface area contributed by atoms with Gasteiger partial charge in [-0.2, -0.15) is 0 Å². The Bertz CT molecular complexity index is 569. The Morgan fingerprint density at radius 3 is 2.60 bits per heavy atom. The molecule has 0 spiro atoms. The molecule has 2 rings (SSSR count). The molecule has 0 saturated carbocycles. The van der Waals surface area contributed by atoms with Crippen molar-refractivity contribution in [2.75, 3.05) is 5.32 Å². The van der Waals surface area contributed by atoms with E-state index in [1.165, 1.54) is 5.56 Å². The Morgan fingerprint density at radius 1 is 1.20 bits per heavy atom. The summed E-state index contributed by atoms with van der Waals surface area (Å²) >= 11 is 5.38. The van der Waals surface area contributed by atoms with Crippen molar-refractivity contribution in [3.8, 4) is 0 Å². The highest BCUT2D eigenvalue weighted by molar-refractivity contribution is 7.80. The van der Waals surface area contributed by atoms with Crippen molar-refractivity contribution in [3.05, 3.63) is 59.8 Å². The largest absolute Gasteiger partial charge is 0.356 e. The zero-order valence-corrected chi connectivity index (χ0v) is 12.6. The van der Waals surface area contributed by atoms with Crippen LogP contribution in [0, 0.1) is 6.92 Å². The van der Waals surface area contributed by atoms with Crippen LogP contribution < -0.4 is 10.6 Å². The maximum Gasteiger partial charge on any atom is 0.172 e. The van der Waals surface area contributed by atoms with Crippen LogP contribution in [-0.2, 0) is 0 Å². The van der Waals surface area contributed by atoms with E-state index < -0.39 is 0 Å². The van der Waals surface area contributed by atoms with Crippen LogP contribution in [0.3, 0.4) is 0 Å². The first-order valence-corrected chi connectivity index (χ1v) is 7.15. The van der Waals surface area contributed by atoms with Gasteiger partial charge in [-0.3, -0.25) is 0 Å². The molecule has 1 unspecified atom stereocenters. The minimum atomic E-state index is 0.209. The number of hydrogen-bond donors (Lipinski definition) is 2. The van der Waals surface area contributed by atoms with Gasteiger partial charge < -0.3 is 10.6 Å². The number of aryl methyl sites for hydroxylation is 1. The van der Waals surface area contributed by atoms with Crippen LogP contribution in [0.15, 0.2) is 48.7 Å². The number of nitrogens with one attached hydrogen (secondary N) is 2. The highest BCUT2D eigenvalue weighted by Gasteiger charge is 2.10. The summed E-state index contributed by atoms with van der Waals surface area (Å²) in [4.78, 5) is 4.29. The third kappa shape index (κ3) is 3.78. The average Bonchev–Trinajstić information content (AvgIpc) is 2.48. The van der Waals surface area contributed by atoms with Crippen LogP contribution in [-0.4, -0.2) is 10.1 Å². The van der Waals surface area contributed by atoms with Gasteiger partial charge in [0.1, 0.15) is 5.82 Å². The monoisotopic (exact) mass is 285 g/mol. The fourth-order valence-corrected chi connectivity index (χ4v) is 2.26. The van der Waals surface area contributed by atoms with Crippen LogP contribution in [0.25, 0.3) is 0 Å². The number of thiocarbonyl (C=S) groups is 1. The minimum Gasteiger partial charge on any atom is -0.356 e. The summed E-state index contributed by atoms with van der Waals surface area (Å²) in [7, 11) is 0. The van der Waals surface area contributed by atoms with E-state index in [-0.39, 0.29) is 6.04 Å². The summed E-state index contributed by atoms with van der Waals surface area (Å²) in [5.74, 6) is 0.799. The number of rotatable bonds is 4. The van der Waals surface area contributed by atoms with Gasteiger partial charge in [-0.15, -0.1) is 0 Å². The first-order chi connectivity index (χ1) is 9.70. The molecule has 0 saturated heterocycles. The molecular formula is C16H19N3S. The molecule has 1 aromatic heterocycles. The van der Waals surface area contributed by atoms with Crippen molar-refractivity contribution >= 4 is 23.1 Å². The van der Waals surface area contributed by atoms with Gasteiger partial charge in [-0.1, -0.05) is 43.3 Å². The third-order valence-corrected chi connectivity index (χ3v) is 3.38. The topological polar surface area (TPSA) is 37.0 Å². The summed E-state index contributed by atoms with van der Waals surface area (Å²) in [6.45, 7) is 4.14. The molecule has 0 fully saturated rings. The van der Waals surface area contributed by atoms with E-state index in [9.17, 15) is 0 Å². The zero-order valence-electron chi connectivity index (χ0n) is 11.8. The van der Waals surface area contributed by atoms with Gasteiger partial charge in [0, 0.05) is 6.20 Å². The van der Waals surface area contributed by atoms with E-state index in [1.807, 2.05) is 37.3 Å². The van der Waals surface area contributed by atoms with E-state index in [0.717, 1.165) is 17.8 Å². The maximum absolute atomic E-state index is 5.38. The van der Waals surface area contributed by atoms with E-state index >= 15 is 0 Å². The minimum absolute atomic E-state index is 0.209. The Labute approximate surface area is 125 Å². The van der Waals surface area contributed by atoms with E-state index in [2.05, 4.69) is 34.7 Å². The molecule has 0 aliphatic heterocycles. The fraction of sp³-hybridized carbons (Fsp3) is 0.250. The van der Waals surface area contributed by atoms with Crippen molar-refractivity contribution in [2.24, 2.45) is 0 Å². The predicted octanol–water partition coefficient (Wildman–Crippen LogP) is 3.83. The predicted molar refractivity (Wildman–Crippen MR) is 87.8 cm³/mol. The van der Waals surface area contributed by atoms with Crippen molar-refractivity contribution in [2.45, 2.75) is 26.3 Å². The molecule has 20 heavy (non-hydrogen) atoms. The van der Waals surface area contributed by atoms with Gasteiger partial charge in [0.2, 0.25) is 0 Å². The van der Waals surface area contributed by atoms with E-state index in [4.69, 9.17) is 12.2 Å². The summed E-state index contributed by atoms with van der Waals surface area (Å²) in [5, 5.41) is 7.09. The average molecular weight is 285 g/mol. The highest BCUT2D eigenvalue weighted by Crippen LogP contribution is 2.16. The lowest BCUT2D eigenvalue weighted by atomic mass is 10.1. The standard InChI is InChI=1S/C16H19N3S/c1-3-14(13-9-5-4-6-10-13)18-16(20)19-15-12(2)8-7-11-17-15/h4-11,14H,3H2,1-2H3,(H2,17,18,19,20). The van der Waals surface area contributed by atoms with Crippen molar-refractivity contribution in [1.82, 2.24) is 10.3 Å². The molecule has 104 valence electrons. The maximum atomic E-state index is 5.38. The fourth-order valence-electron chi connectivity index (χ4n) is 2.02. The number of hydrogen-bond acceptors (Lipinski definition) is 2. The zero-order chi connectivity index (χ0) is 14.4. The summed E-state index contributed by atoms with van der Waals surface area (Å²) in [5.41, 5.74) is 2.31. The smallest absolute Gasteiger partial charge is 0.172 e. The van der Waals surface area contributed by atoms with Crippen LogP contribution >= 0.6 is 12.2 Å². The lowest BCUT2D eigenvalue weighted by Gasteiger charge is -2.20. The lowest BCUT2D eigenvalue weighted by Crippen LogP contribution is -2.32. The van der Waals surface area contributed by atoms with Crippen LogP contribution in [0.4, 0.5) is 5.82 Å². The molecule has 2 N–H and O–H groups in total. The molecule has 4 heteroatoms. The second-order valence-corrected chi connectivity index (χ2v) is 5.05. The molecule has 0 radical (unpaired) electrons. The lowest BCUT2D eigenvalue weighted by molar-refractivity contribution is 0.629. The SMILES string of the molecule is CCC(NC(=S)Nc1ncccc1C)c1ccccc1. The van der Waals surface area contributed by atoms with Gasteiger partial charge in [0.15, 0.2) is 5.11 Å². The molecule has 3 nitrogen and oxygen atoms in total. The highest BCUT2D eigenvalue weighted by atomic mass is 32.1. The number of benzene rings is 1. The van der Waals surface area contributed by atoms with Crippen LogP contribution in [0.2, 0.25) is 0 Å². The molecule has 0 aliphatic rings. The summed E-state index contributed by atoms with van der Waals surface area (Å²) < 4.78 is 0. The molecule has 1 heterocycles. The molecule has 0 amide bonds. The van der Waals surface area contributed by atoms with Crippen molar-refractivity contribution < 1.29 is 0 Å². The van der Waals surface area contributed by atoms with Crippen LogP contribution in [0.5, 0.6) is 0 Å². The Hall–Kier alpha value is -1.94. The quantitative estimate of drug-likeness (QED) is 0.837. The molecule has 2 aromatic rings. The first kappa shape index (κ1) is 14.5. The second-order valence-electron chi connectivity index (χ2n) is 4.64. The number of pyridine rings is 1. The van der Waals surface area contributed by atoms with E-state index in [0.29, 0.717) is 5.11 Å². The summed E-state index contributed by atoms with van der Waals surface area (Å²) in [6.07, 6.45) is 2.72. The number of nitrogens with zero attached hydrogens (tertiary/aromatic N) is 1. The Balaban J connectivity index is 2.02. The second kappa shape index (κ2) is 7.01. The van der Waals surface area contributed by atoms with Crippen LogP contribution in [0.1, 0.15) is 30.5 Å². The molecule has 0 bridgehead atoms. The van der Waals surface area contributed by atoms with Gasteiger partial charge in [0.25, 0.3) is 0 Å². The number of anilines is 1. The normalized spacial score (nSPS) is 11.7. The molecule has 1 atom stereocenters. The molecular weight excluding hydrogens is 266 g/mol. The van der Waals surface area contributed by atoms with Gasteiger partial charge in [-0.25, -0.2) is 4.98 Å². The van der Waals surface area contributed by atoms with E-state index in [1.54, 1.807) is 6.20 Å². The first-order valence-electron chi connectivity index (χ1n) is 6.74. The van der Waals surface area contributed by atoms with Gasteiger partial charge >= 0.3 is 0 Å². The molecule has 1 aromatic carbocycles. The van der Waals surface area contributed by atoms with Crippen molar-refractivity contribution in [3.63, 3.8) is 0 Å². The summed E-state index contributed by atoms with van der Waals surface area (Å²) in [6, 6.07) is 14.4. The number of aromatic nitrogens is 1. The Kier molecular flexibility index (Phi) is 5.07. The Morgan fingerprint density at radius 2 is 1.95 bits per heavy atom. The van der Waals surface area contributed by atoms with Crippen molar-refractivity contribution in [1.29, 1.82) is 0 Å². The van der Waals surface area contributed by atoms with Gasteiger partial charge in [-0.05, 0) is 42.8 Å².